The molecule has 0 aromatic heterocycles. The van der Waals surface area contributed by atoms with Gasteiger partial charge in [0.15, 0.2) is 0 Å². The second kappa shape index (κ2) is 6.00. The molecule has 0 aromatic carbocycles. The standard InChI is InChI=1S/C9H18N2O/c12-8-11-5-1-2-9-3-6-10-7-4-9/h8-10H,1-7H2,(H,11,12). The lowest BCUT2D eigenvalue weighted by molar-refractivity contribution is -0.109. The normalized spacial score (nSPS) is 19.0. The predicted molar refractivity (Wildman–Crippen MR) is 48.9 cm³/mol. The number of rotatable bonds is 5. The number of piperidine rings is 1. The van der Waals surface area contributed by atoms with Gasteiger partial charge in [0.05, 0.1) is 0 Å². The molecule has 1 saturated heterocycles. The predicted octanol–water partition coefficient (Wildman–Crippen LogP) is 0.512. The molecule has 1 aliphatic heterocycles. The average Bonchev–Trinajstić information content (AvgIpc) is 2.14. The summed E-state index contributed by atoms with van der Waals surface area (Å²) in [6, 6.07) is 0. The molecule has 0 radical (unpaired) electrons. The summed E-state index contributed by atoms with van der Waals surface area (Å²) in [6.07, 6.45) is 5.79. The molecule has 1 fully saturated rings. The molecule has 3 nitrogen and oxygen atoms in total. The molecular weight excluding hydrogens is 152 g/mol. The van der Waals surface area contributed by atoms with Gasteiger partial charge in [-0.1, -0.05) is 0 Å². The zero-order valence-electron chi connectivity index (χ0n) is 7.51. The molecule has 2 N–H and O–H groups in total. The van der Waals surface area contributed by atoms with Gasteiger partial charge in [0.2, 0.25) is 6.41 Å². The first kappa shape index (κ1) is 9.52. The molecule has 70 valence electrons. The maximum absolute atomic E-state index is 9.93. The van der Waals surface area contributed by atoms with Crippen LogP contribution in [-0.2, 0) is 4.79 Å². The summed E-state index contributed by atoms with van der Waals surface area (Å²) in [5, 5.41) is 6.04. The van der Waals surface area contributed by atoms with E-state index >= 15 is 0 Å². The number of amides is 1. The van der Waals surface area contributed by atoms with Crippen LogP contribution in [0.5, 0.6) is 0 Å². The van der Waals surface area contributed by atoms with Crippen molar-refractivity contribution in [1.29, 1.82) is 0 Å². The molecule has 1 heterocycles. The van der Waals surface area contributed by atoms with Crippen LogP contribution in [0.1, 0.15) is 25.7 Å². The van der Waals surface area contributed by atoms with E-state index in [1.165, 1.54) is 32.4 Å². The number of hydrogen-bond donors (Lipinski definition) is 2. The molecule has 3 heteroatoms. The van der Waals surface area contributed by atoms with Gasteiger partial charge in [-0.2, -0.15) is 0 Å². The third-order valence-electron chi connectivity index (χ3n) is 2.48. The van der Waals surface area contributed by atoms with E-state index in [2.05, 4.69) is 10.6 Å². The lowest BCUT2D eigenvalue weighted by Gasteiger charge is -2.22. The van der Waals surface area contributed by atoms with Crippen LogP contribution < -0.4 is 10.6 Å². The van der Waals surface area contributed by atoms with Gasteiger partial charge in [0, 0.05) is 6.54 Å². The summed E-state index contributed by atoms with van der Waals surface area (Å²) in [6.45, 7) is 3.19. The molecule has 0 atom stereocenters. The summed E-state index contributed by atoms with van der Waals surface area (Å²) in [4.78, 5) is 9.93. The lowest BCUT2D eigenvalue weighted by atomic mass is 9.93. The minimum atomic E-state index is 0.780. The average molecular weight is 170 g/mol. The maximum atomic E-state index is 9.93. The summed E-state index contributed by atoms with van der Waals surface area (Å²) < 4.78 is 0. The monoisotopic (exact) mass is 170 g/mol. The SMILES string of the molecule is O=CNCCCC1CCNCC1. The fourth-order valence-corrected chi connectivity index (χ4v) is 1.72. The Kier molecular flexibility index (Phi) is 4.76. The van der Waals surface area contributed by atoms with Crippen LogP contribution in [0.2, 0.25) is 0 Å². The van der Waals surface area contributed by atoms with Crippen molar-refractivity contribution in [2.75, 3.05) is 19.6 Å². The Morgan fingerprint density at radius 2 is 2.17 bits per heavy atom. The molecule has 0 spiro atoms. The molecule has 1 rings (SSSR count). The Morgan fingerprint density at radius 1 is 1.42 bits per heavy atom. The van der Waals surface area contributed by atoms with Gasteiger partial charge < -0.3 is 10.6 Å². The highest BCUT2D eigenvalue weighted by Crippen LogP contribution is 2.16. The Bertz CT molecular complexity index is 122. The Hall–Kier alpha value is -0.570. The van der Waals surface area contributed by atoms with Gasteiger partial charge in [-0.15, -0.1) is 0 Å². The molecule has 1 aliphatic rings. The molecule has 0 unspecified atom stereocenters. The lowest BCUT2D eigenvalue weighted by Crippen LogP contribution is -2.28. The first-order valence-electron chi connectivity index (χ1n) is 4.81. The fraction of sp³-hybridized carbons (Fsp3) is 0.889. The molecular formula is C9H18N2O. The highest BCUT2D eigenvalue weighted by Gasteiger charge is 2.11. The van der Waals surface area contributed by atoms with Crippen LogP contribution in [-0.4, -0.2) is 26.0 Å². The molecule has 0 aliphatic carbocycles. The highest BCUT2D eigenvalue weighted by atomic mass is 16.1. The van der Waals surface area contributed by atoms with Crippen molar-refractivity contribution in [3.8, 4) is 0 Å². The molecule has 1 amide bonds. The van der Waals surface area contributed by atoms with Gasteiger partial charge in [0.1, 0.15) is 0 Å². The van der Waals surface area contributed by atoms with Crippen LogP contribution in [0.3, 0.4) is 0 Å². The molecule has 12 heavy (non-hydrogen) atoms. The maximum Gasteiger partial charge on any atom is 0.207 e. The van der Waals surface area contributed by atoms with Gasteiger partial charge in [-0.05, 0) is 44.7 Å². The van der Waals surface area contributed by atoms with E-state index in [0.717, 1.165) is 25.3 Å². The van der Waals surface area contributed by atoms with E-state index in [9.17, 15) is 4.79 Å². The second-order valence-electron chi connectivity index (χ2n) is 3.41. The van der Waals surface area contributed by atoms with E-state index in [1.54, 1.807) is 0 Å². The van der Waals surface area contributed by atoms with E-state index in [1.807, 2.05) is 0 Å². The van der Waals surface area contributed by atoms with E-state index in [0.29, 0.717) is 0 Å². The van der Waals surface area contributed by atoms with Crippen LogP contribution in [0, 0.1) is 5.92 Å². The highest BCUT2D eigenvalue weighted by molar-refractivity contribution is 5.45. The van der Waals surface area contributed by atoms with Gasteiger partial charge in [-0.25, -0.2) is 0 Å². The topological polar surface area (TPSA) is 41.1 Å². The first-order chi connectivity index (χ1) is 5.93. The summed E-state index contributed by atoms with van der Waals surface area (Å²) in [5.74, 6) is 0.889. The first-order valence-corrected chi connectivity index (χ1v) is 4.81. The van der Waals surface area contributed by atoms with Gasteiger partial charge in [0.25, 0.3) is 0 Å². The number of carbonyl (C=O) groups is 1. The van der Waals surface area contributed by atoms with Crippen LogP contribution in [0.4, 0.5) is 0 Å². The fourth-order valence-electron chi connectivity index (χ4n) is 1.72. The zero-order valence-corrected chi connectivity index (χ0v) is 7.51. The molecule has 0 saturated carbocycles. The number of nitrogens with one attached hydrogen (secondary N) is 2. The summed E-state index contributed by atoms with van der Waals surface area (Å²) >= 11 is 0. The van der Waals surface area contributed by atoms with Crippen molar-refractivity contribution >= 4 is 6.41 Å². The van der Waals surface area contributed by atoms with Crippen molar-refractivity contribution in [3.05, 3.63) is 0 Å². The molecule has 0 bridgehead atoms. The van der Waals surface area contributed by atoms with Crippen LogP contribution in [0.15, 0.2) is 0 Å². The van der Waals surface area contributed by atoms with Gasteiger partial charge in [-0.3, -0.25) is 4.79 Å². The Morgan fingerprint density at radius 3 is 2.83 bits per heavy atom. The second-order valence-corrected chi connectivity index (χ2v) is 3.41. The third kappa shape index (κ3) is 3.72. The minimum Gasteiger partial charge on any atom is -0.359 e. The third-order valence-corrected chi connectivity index (χ3v) is 2.48. The molecule has 0 aromatic rings. The van der Waals surface area contributed by atoms with Crippen LogP contribution in [0.25, 0.3) is 0 Å². The van der Waals surface area contributed by atoms with Crippen molar-refractivity contribution < 1.29 is 4.79 Å². The van der Waals surface area contributed by atoms with E-state index in [4.69, 9.17) is 0 Å². The minimum absolute atomic E-state index is 0.780. The Balaban J connectivity index is 1.94. The quantitative estimate of drug-likeness (QED) is 0.466. The van der Waals surface area contributed by atoms with Crippen molar-refractivity contribution in [3.63, 3.8) is 0 Å². The van der Waals surface area contributed by atoms with Crippen LogP contribution >= 0.6 is 0 Å². The number of hydrogen-bond acceptors (Lipinski definition) is 2. The van der Waals surface area contributed by atoms with Crippen molar-refractivity contribution in [2.45, 2.75) is 25.7 Å². The van der Waals surface area contributed by atoms with Crippen molar-refractivity contribution in [2.24, 2.45) is 5.92 Å². The smallest absolute Gasteiger partial charge is 0.207 e. The van der Waals surface area contributed by atoms with Gasteiger partial charge >= 0.3 is 0 Å². The summed E-state index contributed by atoms with van der Waals surface area (Å²) in [7, 11) is 0. The Labute approximate surface area is 73.9 Å². The van der Waals surface area contributed by atoms with Crippen molar-refractivity contribution in [1.82, 2.24) is 10.6 Å². The van der Waals surface area contributed by atoms with E-state index < -0.39 is 0 Å². The van der Waals surface area contributed by atoms with E-state index in [-0.39, 0.29) is 0 Å². The zero-order chi connectivity index (χ0) is 8.65. The summed E-state index contributed by atoms with van der Waals surface area (Å²) in [5.41, 5.74) is 0. The number of carbonyl (C=O) groups excluding carboxylic acids is 1. The largest absolute Gasteiger partial charge is 0.359 e.